The summed E-state index contributed by atoms with van der Waals surface area (Å²) in [6, 6.07) is 9.07. The van der Waals surface area contributed by atoms with Crippen LogP contribution in [-0.2, 0) is 26.5 Å². The lowest BCUT2D eigenvalue weighted by molar-refractivity contribution is -0.134. The van der Waals surface area contributed by atoms with E-state index < -0.39 is 22.0 Å². The molecule has 1 rings (SSSR count). The number of benzene rings is 1. The zero-order chi connectivity index (χ0) is 15.0. The molecule has 0 aliphatic carbocycles. The first-order valence-electron chi connectivity index (χ1n) is 6.68. The topological polar surface area (TPSA) is 75.6 Å². The minimum atomic E-state index is -1.51. The number of carbonyl (C=O) groups is 1. The highest BCUT2D eigenvalue weighted by Crippen LogP contribution is 2.09. The molecule has 0 radical (unpaired) electrons. The highest BCUT2D eigenvalue weighted by atomic mass is 28.3. The van der Waals surface area contributed by atoms with Gasteiger partial charge in [-0.25, -0.2) is 0 Å². The van der Waals surface area contributed by atoms with Crippen LogP contribution in [0, 0.1) is 0 Å². The molecule has 7 heteroatoms. The van der Waals surface area contributed by atoms with Gasteiger partial charge in [0.2, 0.25) is 0 Å². The number of ether oxygens (including phenoxy) is 1. The van der Waals surface area contributed by atoms with E-state index in [4.69, 9.17) is 4.74 Å². The minimum Gasteiger partial charge on any atom is -0.449 e. The molecule has 2 N–H and O–H groups in total. The zero-order valence-electron chi connectivity index (χ0n) is 11.8. The summed E-state index contributed by atoms with van der Waals surface area (Å²) in [5.41, 5.74) is 2.03. The fraction of sp³-hybridized carbons (Fsp3) is 0.462. The molecule has 0 spiro atoms. The Morgan fingerprint density at radius 1 is 1.40 bits per heavy atom. The summed E-state index contributed by atoms with van der Waals surface area (Å²) in [4.78, 5) is 10.4. The number of carbonyl (C=O) groups excluding carboxylic acids is 1. The van der Waals surface area contributed by atoms with Crippen molar-refractivity contribution in [3.8, 4) is 0 Å². The molecule has 0 saturated heterocycles. The molecule has 1 aromatic rings. The van der Waals surface area contributed by atoms with Crippen molar-refractivity contribution in [3.05, 3.63) is 35.4 Å². The first kappa shape index (κ1) is 16.7. The molecule has 1 unspecified atom stereocenters. The van der Waals surface area contributed by atoms with Gasteiger partial charge in [0.1, 0.15) is 6.23 Å². The maximum absolute atomic E-state index is 11.5. The van der Waals surface area contributed by atoms with Gasteiger partial charge >= 0.3 is 7.05 Å². The van der Waals surface area contributed by atoms with Gasteiger partial charge in [-0.05, 0) is 24.0 Å². The van der Waals surface area contributed by atoms with Crippen LogP contribution in [-0.4, -0.2) is 33.5 Å². The van der Waals surface area contributed by atoms with Crippen molar-refractivity contribution >= 4 is 22.2 Å². The molecule has 0 bridgehead atoms. The molecule has 5 nitrogen and oxygen atoms in total. The normalized spacial score (nSPS) is 11.8. The van der Waals surface area contributed by atoms with E-state index in [0.29, 0.717) is 18.9 Å². The van der Waals surface area contributed by atoms with E-state index in [-0.39, 0.29) is 0 Å². The average Bonchev–Trinajstić information content (AvgIpc) is 2.40. The summed E-state index contributed by atoms with van der Waals surface area (Å²) in [5.74, 6) is 0. The van der Waals surface area contributed by atoms with Crippen LogP contribution in [0.1, 0.15) is 18.1 Å². The first-order chi connectivity index (χ1) is 9.55. The van der Waals surface area contributed by atoms with Crippen LogP contribution in [0.4, 0.5) is 0 Å². The van der Waals surface area contributed by atoms with E-state index in [1.54, 1.807) is 6.82 Å². The van der Waals surface area contributed by atoms with Crippen molar-refractivity contribution in [1.29, 1.82) is 0 Å². The standard InChI is InChI=1S/C13H20BNO4Si/c1-3-20(18)9-12-6-4-11(5-7-12)8-13(19-10-16)15-14(2)17/h4-7,10,13,15,17H,3,8-9H2,1-2H3. The number of hydrogen-bond donors (Lipinski definition) is 2. The minimum absolute atomic E-state index is 0.363. The fourth-order valence-corrected chi connectivity index (χ4v) is 2.78. The number of rotatable bonds is 9. The summed E-state index contributed by atoms with van der Waals surface area (Å²) in [7, 11) is -2.26. The van der Waals surface area contributed by atoms with E-state index in [9.17, 15) is 14.3 Å². The van der Waals surface area contributed by atoms with Crippen LogP contribution in [0.5, 0.6) is 0 Å². The van der Waals surface area contributed by atoms with Gasteiger partial charge in [0.05, 0.1) is 0 Å². The molecular formula is C13H20BNO4Si. The highest BCUT2D eigenvalue weighted by molar-refractivity contribution is 6.45. The molecule has 108 valence electrons. The summed E-state index contributed by atoms with van der Waals surface area (Å²) in [5, 5.41) is 12.0. The van der Waals surface area contributed by atoms with Crippen LogP contribution in [0.15, 0.2) is 24.3 Å². The number of nitrogens with one attached hydrogen (secondary N) is 1. The Kier molecular flexibility index (Phi) is 7.35. The molecule has 0 saturated carbocycles. The molecule has 1 atom stereocenters. The van der Waals surface area contributed by atoms with Gasteiger partial charge in [0.25, 0.3) is 15.2 Å². The molecule has 0 aliphatic heterocycles. The van der Waals surface area contributed by atoms with E-state index in [1.165, 1.54) is 0 Å². The maximum Gasteiger partial charge on any atom is 0.376 e. The number of hydrogen-bond acceptors (Lipinski definition) is 5. The van der Waals surface area contributed by atoms with Gasteiger partial charge in [0.15, 0.2) is 0 Å². The summed E-state index contributed by atoms with van der Waals surface area (Å²) in [6.07, 6.45) is -0.0968. The van der Waals surface area contributed by atoms with Gasteiger partial charge in [0, 0.05) is 12.5 Å². The predicted molar refractivity (Wildman–Crippen MR) is 78.7 cm³/mol. The van der Waals surface area contributed by atoms with Crippen LogP contribution in [0.25, 0.3) is 0 Å². The highest BCUT2D eigenvalue weighted by Gasteiger charge is 2.14. The van der Waals surface area contributed by atoms with Gasteiger partial charge in [-0.2, -0.15) is 0 Å². The predicted octanol–water partition coefficient (Wildman–Crippen LogP) is 0.952. The molecule has 0 heterocycles. The Balaban J connectivity index is 2.62. The van der Waals surface area contributed by atoms with Crippen molar-refractivity contribution in [2.24, 2.45) is 0 Å². The third-order valence-corrected chi connectivity index (χ3v) is 4.48. The van der Waals surface area contributed by atoms with E-state index in [2.05, 4.69) is 5.23 Å². The Bertz CT molecular complexity index is 439. The Labute approximate surface area is 121 Å². The van der Waals surface area contributed by atoms with E-state index in [0.717, 1.165) is 17.2 Å². The van der Waals surface area contributed by atoms with Crippen LogP contribution in [0.3, 0.4) is 0 Å². The van der Waals surface area contributed by atoms with E-state index in [1.807, 2.05) is 31.2 Å². The largest absolute Gasteiger partial charge is 0.449 e. The second kappa shape index (κ2) is 8.78. The van der Waals surface area contributed by atoms with Crippen LogP contribution in [0.2, 0.25) is 12.9 Å². The van der Waals surface area contributed by atoms with Crippen LogP contribution < -0.4 is 5.23 Å². The van der Waals surface area contributed by atoms with Gasteiger partial charge in [-0.3, -0.25) is 10.0 Å². The van der Waals surface area contributed by atoms with Crippen molar-refractivity contribution < 1.29 is 19.0 Å². The monoisotopic (exact) mass is 293 g/mol. The SMILES string of the molecule is CC[Si](=O)Cc1ccc(CC(NB(C)O)OC=O)cc1. The molecular weight excluding hydrogens is 273 g/mol. The average molecular weight is 293 g/mol. The lowest BCUT2D eigenvalue weighted by Crippen LogP contribution is -2.42. The van der Waals surface area contributed by atoms with Crippen molar-refractivity contribution in [2.45, 2.75) is 38.5 Å². The Morgan fingerprint density at radius 2 is 2.00 bits per heavy atom. The Morgan fingerprint density at radius 3 is 2.50 bits per heavy atom. The molecule has 0 aromatic heterocycles. The Hall–Kier alpha value is -1.31. The molecule has 0 aliphatic rings. The molecule has 0 amide bonds. The van der Waals surface area contributed by atoms with Gasteiger partial charge in [-0.1, -0.05) is 31.2 Å². The maximum atomic E-state index is 11.5. The summed E-state index contributed by atoms with van der Waals surface area (Å²) < 4.78 is 16.4. The second-order valence-corrected chi connectivity index (χ2v) is 6.79. The molecule has 1 aromatic carbocycles. The zero-order valence-corrected chi connectivity index (χ0v) is 12.8. The van der Waals surface area contributed by atoms with Gasteiger partial charge in [-0.15, -0.1) is 0 Å². The lowest BCUT2D eigenvalue weighted by Gasteiger charge is -2.17. The third kappa shape index (κ3) is 6.23. The second-order valence-electron chi connectivity index (χ2n) is 4.65. The lowest BCUT2D eigenvalue weighted by atomic mass is 9.88. The summed E-state index contributed by atoms with van der Waals surface area (Å²) in [6.45, 7) is 3.85. The summed E-state index contributed by atoms with van der Waals surface area (Å²) >= 11 is 0. The smallest absolute Gasteiger partial charge is 0.376 e. The fourth-order valence-electron chi connectivity index (χ4n) is 1.84. The van der Waals surface area contributed by atoms with E-state index >= 15 is 0 Å². The van der Waals surface area contributed by atoms with Gasteiger partial charge < -0.3 is 14.2 Å². The molecule has 20 heavy (non-hydrogen) atoms. The molecule has 0 fully saturated rings. The van der Waals surface area contributed by atoms with Crippen molar-refractivity contribution in [2.75, 3.05) is 0 Å². The van der Waals surface area contributed by atoms with Crippen molar-refractivity contribution in [3.63, 3.8) is 0 Å². The third-order valence-electron chi connectivity index (χ3n) is 2.89. The first-order valence-corrected chi connectivity index (χ1v) is 8.50. The quantitative estimate of drug-likeness (QED) is 0.403. The van der Waals surface area contributed by atoms with Crippen molar-refractivity contribution in [1.82, 2.24) is 5.23 Å². The van der Waals surface area contributed by atoms with Crippen LogP contribution >= 0.6 is 0 Å².